The summed E-state index contributed by atoms with van der Waals surface area (Å²) in [7, 11) is 0. The van der Waals surface area contributed by atoms with Gasteiger partial charge in [0.05, 0.1) is 0 Å². The molecule has 2 fully saturated rings. The molecule has 1 atom stereocenters. The molecule has 0 radical (unpaired) electrons. The summed E-state index contributed by atoms with van der Waals surface area (Å²) in [5.74, 6) is 0.562. The molecule has 1 aromatic rings. The first-order valence-electron chi connectivity index (χ1n) is 10.4. The topological polar surface area (TPSA) is 36.0 Å². The van der Waals surface area contributed by atoms with Gasteiger partial charge in [-0.3, -0.25) is 4.90 Å². The summed E-state index contributed by atoms with van der Waals surface area (Å²) in [4.78, 5) is 19.4. The minimum absolute atomic E-state index is 0.153. The van der Waals surface area contributed by atoms with Crippen LogP contribution >= 0.6 is 0 Å². The van der Waals surface area contributed by atoms with Gasteiger partial charge in [-0.25, -0.2) is 4.79 Å². The monoisotopic (exact) mass is 373 g/mol. The number of piperazine rings is 1. The van der Waals surface area contributed by atoms with Crippen molar-refractivity contribution < 1.29 is 9.53 Å². The molecule has 0 saturated carbocycles. The maximum Gasteiger partial charge on any atom is 0.410 e. The average Bonchev–Trinajstić information content (AvgIpc) is 2.63. The number of nitrogens with zero attached hydrogens (tertiary/aromatic N) is 3. The van der Waals surface area contributed by atoms with E-state index in [1.807, 2.05) is 25.7 Å². The molecule has 2 saturated heterocycles. The van der Waals surface area contributed by atoms with Gasteiger partial charge in [-0.2, -0.15) is 0 Å². The van der Waals surface area contributed by atoms with Crippen LogP contribution in [-0.4, -0.2) is 72.2 Å². The molecule has 0 N–H and O–H groups in total. The van der Waals surface area contributed by atoms with Crippen LogP contribution in [0.5, 0.6) is 0 Å². The molecular formula is C22H35N3O2. The van der Waals surface area contributed by atoms with Crippen molar-refractivity contribution in [3.8, 4) is 0 Å². The zero-order chi connectivity index (χ0) is 19.3. The largest absolute Gasteiger partial charge is 0.444 e. The molecule has 2 aliphatic heterocycles. The van der Waals surface area contributed by atoms with E-state index in [1.165, 1.54) is 12.0 Å². The Labute approximate surface area is 164 Å². The third kappa shape index (κ3) is 6.51. The summed E-state index contributed by atoms with van der Waals surface area (Å²) in [5, 5.41) is 0. The molecule has 0 unspecified atom stereocenters. The minimum atomic E-state index is -0.418. The number of piperidine rings is 1. The summed E-state index contributed by atoms with van der Waals surface area (Å²) in [5.41, 5.74) is 0.977. The third-order valence-electron chi connectivity index (χ3n) is 5.40. The van der Waals surface area contributed by atoms with Crippen molar-refractivity contribution in [2.75, 3.05) is 45.8 Å². The van der Waals surface area contributed by atoms with Crippen molar-refractivity contribution in [3.05, 3.63) is 35.9 Å². The van der Waals surface area contributed by atoms with E-state index < -0.39 is 5.60 Å². The Morgan fingerprint density at radius 2 is 1.70 bits per heavy atom. The molecule has 27 heavy (non-hydrogen) atoms. The summed E-state index contributed by atoms with van der Waals surface area (Å²) < 4.78 is 5.55. The number of carbonyl (C=O) groups excluding carboxylic acids is 1. The third-order valence-corrected chi connectivity index (χ3v) is 5.40. The zero-order valence-electron chi connectivity index (χ0n) is 17.2. The molecule has 1 aromatic carbocycles. The van der Waals surface area contributed by atoms with Crippen LogP contribution in [0.15, 0.2) is 30.3 Å². The maximum atomic E-state index is 12.4. The fraction of sp³-hybridized carbons (Fsp3) is 0.682. The summed E-state index contributed by atoms with van der Waals surface area (Å²) in [6, 6.07) is 10.7. The summed E-state index contributed by atoms with van der Waals surface area (Å²) in [6.07, 6.45) is 2.14. The maximum absolute atomic E-state index is 12.4. The highest BCUT2D eigenvalue weighted by Gasteiger charge is 2.29. The number of amides is 1. The van der Waals surface area contributed by atoms with Crippen LogP contribution in [0.2, 0.25) is 0 Å². The lowest BCUT2D eigenvalue weighted by molar-refractivity contribution is 0.0129. The standard InChI is InChI=1S/C22H35N3O2/c1-22(2,3)27-21(26)25-11-7-10-20(18-25)17-24-14-12-23(13-15-24)16-19-8-5-4-6-9-19/h4-6,8-9,20H,7,10-18H2,1-3H3/t20-/m0/s1. The number of benzene rings is 1. The second-order valence-corrected chi connectivity index (χ2v) is 9.00. The number of rotatable bonds is 4. The van der Waals surface area contributed by atoms with Gasteiger partial charge >= 0.3 is 6.09 Å². The number of carbonyl (C=O) groups is 1. The molecule has 2 heterocycles. The highest BCUT2D eigenvalue weighted by Crippen LogP contribution is 2.21. The van der Waals surface area contributed by atoms with Crippen LogP contribution in [0, 0.1) is 5.92 Å². The Bertz CT molecular complexity index is 591. The smallest absolute Gasteiger partial charge is 0.410 e. The molecule has 0 aliphatic carbocycles. The summed E-state index contributed by atoms with van der Waals surface area (Å²) in [6.45, 7) is 14.1. The zero-order valence-corrected chi connectivity index (χ0v) is 17.2. The van der Waals surface area contributed by atoms with Gasteiger partial charge in [0.1, 0.15) is 5.60 Å². The van der Waals surface area contributed by atoms with Gasteiger partial charge in [-0.1, -0.05) is 30.3 Å². The Morgan fingerprint density at radius 3 is 2.37 bits per heavy atom. The second-order valence-electron chi connectivity index (χ2n) is 9.00. The normalized spacial score (nSPS) is 22.6. The highest BCUT2D eigenvalue weighted by atomic mass is 16.6. The van der Waals surface area contributed by atoms with Crippen LogP contribution in [0.4, 0.5) is 4.79 Å². The van der Waals surface area contributed by atoms with Gasteiger partial charge in [0.15, 0.2) is 0 Å². The van der Waals surface area contributed by atoms with E-state index in [-0.39, 0.29) is 6.09 Å². The average molecular weight is 374 g/mol. The van der Waals surface area contributed by atoms with Crippen LogP contribution in [0.25, 0.3) is 0 Å². The van der Waals surface area contributed by atoms with E-state index >= 15 is 0 Å². The fourth-order valence-corrected chi connectivity index (χ4v) is 4.04. The van der Waals surface area contributed by atoms with Crippen molar-refractivity contribution in [1.29, 1.82) is 0 Å². The van der Waals surface area contributed by atoms with Crippen molar-refractivity contribution in [2.45, 2.75) is 45.8 Å². The van der Waals surface area contributed by atoms with Gasteiger partial charge in [-0.05, 0) is 45.1 Å². The SMILES string of the molecule is CC(C)(C)OC(=O)N1CCC[C@@H](CN2CCN(Cc3ccccc3)CC2)C1. The molecule has 2 aliphatic rings. The lowest BCUT2D eigenvalue weighted by Crippen LogP contribution is -2.50. The Morgan fingerprint density at radius 1 is 1.04 bits per heavy atom. The minimum Gasteiger partial charge on any atom is -0.444 e. The Balaban J connectivity index is 1.41. The van der Waals surface area contributed by atoms with Crippen molar-refractivity contribution in [3.63, 3.8) is 0 Å². The lowest BCUT2D eigenvalue weighted by atomic mass is 9.97. The molecule has 3 rings (SSSR count). The van der Waals surface area contributed by atoms with Gasteiger partial charge in [0, 0.05) is 52.4 Å². The van der Waals surface area contributed by atoms with E-state index in [0.717, 1.165) is 58.8 Å². The second kappa shape index (κ2) is 9.07. The van der Waals surface area contributed by atoms with Crippen molar-refractivity contribution in [2.24, 2.45) is 5.92 Å². The van der Waals surface area contributed by atoms with Gasteiger partial charge < -0.3 is 14.5 Å². The molecule has 150 valence electrons. The van der Waals surface area contributed by atoms with Gasteiger partial charge in [0.25, 0.3) is 0 Å². The number of ether oxygens (including phenoxy) is 1. The molecule has 0 aromatic heterocycles. The first-order chi connectivity index (χ1) is 12.9. The first-order valence-corrected chi connectivity index (χ1v) is 10.4. The number of hydrogen-bond acceptors (Lipinski definition) is 4. The molecule has 5 nitrogen and oxygen atoms in total. The van der Waals surface area contributed by atoms with Gasteiger partial charge in [-0.15, -0.1) is 0 Å². The fourth-order valence-electron chi connectivity index (χ4n) is 4.04. The Hall–Kier alpha value is -1.59. The Kier molecular flexibility index (Phi) is 6.77. The van der Waals surface area contributed by atoms with E-state index in [4.69, 9.17) is 4.74 Å². The molecule has 0 bridgehead atoms. The quantitative estimate of drug-likeness (QED) is 0.810. The van der Waals surface area contributed by atoms with Crippen LogP contribution < -0.4 is 0 Å². The first kappa shape index (κ1) is 20.2. The van der Waals surface area contributed by atoms with Crippen molar-refractivity contribution in [1.82, 2.24) is 14.7 Å². The predicted molar refractivity (Wildman–Crippen MR) is 109 cm³/mol. The predicted octanol–water partition coefficient (Wildman–Crippen LogP) is 3.45. The lowest BCUT2D eigenvalue weighted by Gasteiger charge is -2.39. The molecule has 0 spiro atoms. The van der Waals surface area contributed by atoms with Crippen LogP contribution in [0.1, 0.15) is 39.2 Å². The van der Waals surface area contributed by atoms with E-state index in [9.17, 15) is 4.79 Å². The van der Waals surface area contributed by atoms with E-state index in [2.05, 4.69) is 40.1 Å². The van der Waals surface area contributed by atoms with Crippen LogP contribution in [-0.2, 0) is 11.3 Å². The highest BCUT2D eigenvalue weighted by molar-refractivity contribution is 5.68. The number of likely N-dealkylation sites (tertiary alicyclic amines) is 1. The molecular weight excluding hydrogens is 338 g/mol. The number of hydrogen-bond donors (Lipinski definition) is 0. The molecule has 5 heteroatoms. The van der Waals surface area contributed by atoms with Crippen LogP contribution in [0.3, 0.4) is 0 Å². The summed E-state index contributed by atoms with van der Waals surface area (Å²) >= 11 is 0. The van der Waals surface area contributed by atoms with Gasteiger partial charge in [0.2, 0.25) is 0 Å². The van der Waals surface area contributed by atoms with E-state index in [1.54, 1.807) is 0 Å². The molecule has 1 amide bonds. The van der Waals surface area contributed by atoms with Crippen molar-refractivity contribution >= 4 is 6.09 Å². The van der Waals surface area contributed by atoms with E-state index in [0.29, 0.717) is 5.92 Å².